The van der Waals surface area contributed by atoms with Crippen molar-refractivity contribution in [1.29, 1.82) is 5.26 Å². The molecule has 0 aliphatic carbocycles. The third-order valence-corrected chi connectivity index (χ3v) is 16.6. The first-order valence-electron chi connectivity index (χ1n) is 31.8. The summed E-state index contributed by atoms with van der Waals surface area (Å²) in [5, 5.41) is 24.8. The average molecular weight is 1290 g/mol. The first-order valence-corrected chi connectivity index (χ1v) is 31.8. The van der Waals surface area contributed by atoms with Crippen LogP contribution in [0.15, 0.2) is 283 Å². The maximum absolute atomic E-state index is 13.4. The number of carbonyl (C=O) groups excluding carboxylic acids is 4. The van der Waals surface area contributed by atoms with E-state index in [9.17, 15) is 23.6 Å². The molecule has 13 aromatic rings. The van der Waals surface area contributed by atoms with E-state index in [1.807, 2.05) is 218 Å². The molecule has 0 amide bonds. The maximum atomic E-state index is 13.4. The summed E-state index contributed by atoms with van der Waals surface area (Å²) >= 11 is 0. The highest BCUT2D eigenvalue weighted by Crippen LogP contribution is 2.32. The molecular formula is C83H68FN7O7. The highest BCUT2D eigenvalue weighted by atomic mass is 19.1. The van der Waals surface area contributed by atoms with Crippen LogP contribution < -0.4 is 0 Å². The minimum Gasteiger partial charge on any atom is -0.318 e. The SMILES string of the molecule is CC(=O)O/N=C(\Cc1ccccc1C)c1cn(-c2ccc(C#N)cc2)c2ccccc12.CC(=O)O/N=C(\Cc1ccccc1C)c1cn(-c2ccc(C(=O)c3ccccc3)cc2)c2ccccc12.CC(=O)O/N=C(\Cc1ccccc1C)c1cn(-c2ccc(F)cc2)c2ccccc12. The van der Waals surface area contributed by atoms with Gasteiger partial charge in [-0.2, -0.15) is 5.26 Å². The Morgan fingerprint density at radius 1 is 0.378 bits per heavy atom. The summed E-state index contributed by atoms with van der Waals surface area (Å²) in [5.74, 6) is -1.70. The van der Waals surface area contributed by atoms with E-state index in [-0.39, 0.29) is 11.6 Å². The predicted molar refractivity (Wildman–Crippen MR) is 384 cm³/mol. The number of nitriles is 1. The van der Waals surface area contributed by atoms with Gasteiger partial charge in [0.05, 0.1) is 45.3 Å². The molecule has 0 spiro atoms. The molecule has 3 heterocycles. The molecule has 0 saturated heterocycles. The third-order valence-electron chi connectivity index (χ3n) is 16.6. The molecule has 98 heavy (non-hydrogen) atoms. The molecule has 0 unspecified atom stereocenters. The molecule has 13 rings (SSSR count). The number of aryl methyl sites for hydroxylation is 3. The van der Waals surface area contributed by atoms with Crippen molar-refractivity contribution in [2.75, 3.05) is 0 Å². The average Bonchev–Trinajstić information content (AvgIpc) is 1.64. The molecule has 484 valence electrons. The van der Waals surface area contributed by atoms with Gasteiger partial charge in [0.2, 0.25) is 0 Å². The van der Waals surface area contributed by atoms with Gasteiger partial charge in [-0.1, -0.05) is 173 Å². The minimum absolute atomic E-state index is 0.0146. The van der Waals surface area contributed by atoms with Crippen molar-refractivity contribution in [2.24, 2.45) is 15.5 Å². The van der Waals surface area contributed by atoms with Gasteiger partial charge in [-0.05, 0) is 145 Å². The molecule has 15 heteroatoms. The number of halogens is 1. The van der Waals surface area contributed by atoms with E-state index in [0.717, 1.165) is 99.8 Å². The van der Waals surface area contributed by atoms with Crippen molar-refractivity contribution in [3.8, 4) is 23.1 Å². The normalized spacial score (nSPS) is 11.5. The van der Waals surface area contributed by atoms with Gasteiger partial charge in [0, 0.05) is 120 Å². The van der Waals surface area contributed by atoms with Gasteiger partial charge in [0.25, 0.3) is 0 Å². The second kappa shape index (κ2) is 31.0. The van der Waals surface area contributed by atoms with Crippen LogP contribution in [-0.2, 0) is 48.2 Å². The highest BCUT2D eigenvalue weighted by Gasteiger charge is 2.21. The molecule has 0 atom stereocenters. The fourth-order valence-corrected chi connectivity index (χ4v) is 11.6. The Kier molecular flexibility index (Phi) is 21.2. The second-order valence-corrected chi connectivity index (χ2v) is 23.3. The Morgan fingerprint density at radius 2 is 0.673 bits per heavy atom. The molecule has 0 saturated carbocycles. The van der Waals surface area contributed by atoms with Gasteiger partial charge in [0.15, 0.2) is 5.78 Å². The number of carbonyl (C=O) groups is 4. The standard InChI is InChI=1S/C32H26N2O3.C26H21N3O2.C25H21FN2O2/c1-22-10-6-7-13-26(22)20-30(33-37-23(2)35)29-21-34(31-15-9-8-14-28(29)31)27-18-16-25(17-19-27)32(36)24-11-4-3-5-12-24;1-18-7-3-4-8-21(18)15-25(28-31-19(2)30)24-17-29(26-10-6-5-9-23(24)26)22-13-11-20(16-27)12-14-22;1-17-7-3-4-8-19(17)15-24(27-30-18(2)29)23-16-28(21-13-11-20(26)12-14-21)25-10-6-5-9-22(23)25/h3-19,21H,20H2,1-2H3;3-14,17H,15H2,1-2H3;3-14,16H,15H2,1-2H3/b33-30+;28-25+;27-24+. The van der Waals surface area contributed by atoms with Gasteiger partial charge in [-0.15, -0.1) is 0 Å². The van der Waals surface area contributed by atoms with Gasteiger partial charge in [0.1, 0.15) is 5.82 Å². The third kappa shape index (κ3) is 15.9. The molecule has 0 radical (unpaired) electrons. The summed E-state index contributed by atoms with van der Waals surface area (Å²) in [6.45, 7) is 10.2. The van der Waals surface area contributed by atoms with E-state index >= 15 is 0 Å². The summed E-state index contributed by atoms with van der Waals surface area (Å²) in [5.41, 5.74) is 18.9. The number of benzene rings is 10. The summed E-state index contributed by atoms with van der Waals surface area (Å²) in [6.07, 6.45) is 7.53. The summed E-state index contributed by atoms with van der Waals surface area (Å²) in [7, 11) is 0. The minimum atomic E-state index is -0.473. The Labute approximate surface area is 567 Å². The van der Waals surface area contributed by atoms with Crippen molar-refractivity contribution >= 4 is 73.5 Å². The van der Waals surface area contributed by atoms with E-state index in [4.69, 9.17) is 19.8 Å². The van der Waals surface area contributed by atoms with Crippen molar-refractivity contribution in [3.05, 3.63) is 340 Å². The Hall–Kier alpha value is -12.7. The van der Waals surface area contributed by atoms with Crippen LogP contribution in [0.4, 0.5) is 4.39 Å². The number of aromatic nitrogens is 3. The van der Waals surface area contributed by atoms with Crippen molar-refractivity contribution < 1.29 is 38.1 Å². The number of rotatable bonds is 17. The predicted octanol–water partition coefficient (Wildman–Crippen LogP) is 17.6. The molecule has 0 bridgehead atoms. The van der Waals surface area contributed by atoms with Crippen LogP contribution in [-0.4, -0.2) is 54.5 Å². The zero-order valence-corrected chi connectivity index (χ0v) is 54.9. The molecule has 14 nitrogen and oxygen atoms in total. The van der Waals surface area contributed by atoms with Crippen LogP contribution in [0.5, 0.6) is 0 Å². The number of nitrogens with zero attached hydrogens (tertiary/aromatic N) is 7. The molecule has 3 aromatic heterocycles. The lowest BCUT2D eigenvalue weighted by molar-refractivity contribution is -0.141. The Balaban J connectivity index is 0.000000150. The van der Waals surface area contributed by atoms with Crippen molar-refractivity contribution in [2.45, 2.75) is 60.8 Å². The number of para-hydroxylation sites is 3. The summed E-state index contributed by atoms with van der Waals surface area (Å²) < 4.78 is 19.6. The fourth-order valence-electron chi connectivity index (χ4n) is 11.6. The lowest BCUT2D eigenvalue weighted by Crippen LogP contribution is -2.08. The van der Waals surface area contributed by atoms with Crippen molar-refractivity contribution in [1.82, 2.24) is 13.7 Å². The lowest BCUT2D eigenvalue weighted by atomic mass is 9.98. The fraction of sp³-hybridized carbons (Fsp3) is 0.108. The van der Waals surface area contributed by atoms with Crippen LogP contribution in [0.1, 0.15) is 92.3 Å². The maximum Gasteiger partial charge on any atom is 0.331 e. The molecule has 10 aromatic carbocycles. The number of hydrogen-bond donors (Lipinski definition) is 0. The van der Waals surface area contributed by atoms with Crippen LogP contribution in [0.25, 0.3) is 49.8 Å². The van der Waals surface area contributed by atoms with Crippen LogP contribution in [0, 0.1) is 37.9 Å². The van der Waals surface area contributed by atoms with Gasteiger partial charge >= 0.3 is 17.9 Å². The van der Waals surface area contributed by atoms with E-state index in [2.05, 4.69) is 68.8 Å². The van der Waals surface area contributed by atoms with Crippen molar-refractivity contribution in [3.63, 3.8) is 0 Å². The first-order chi connectivity index (χ1) is 47.6. The summed E-state index contributed by atoms with van der Waals surface area (Å²) in [6, 6.07) is 81.0. The Morgan fingerprint density at radius 3 is 1.01 bits per heavy atom. The highest BCUT2D eigenvalue weighted by molar-refractivity contribution is 6.14. The molecule has 0 N–H and O–H groups in total. The second-order valence-electron chi connectivity index (χ2n) is 23.3. The van der Waals surface area contributed by atoms with E-state index in [0.29, 0.717) is 53.1 Å². The van der Waals surface area contributed by atoms with E-state index in [1.165, 1.54) is 32.9 Å². The Bertz CT molecular complexity index is 5210. The van der Waals surface area contributed by atoms with E-state index < -0.39 is 17.9 Å². The summed E-state index contributed by atoms with van der Waals surface area (Å²) in [4.78, 5) is 62.6. The number of ketones is 1. The molecule has 0 aliphatic heterocycles. The topological polar surface area (TPSA) is 172 Å². The number of hydrogen-bond acceptors (Lipinski definition) is 11. The quantitative estimate of drug-likeness (QED) is 0.0375. The number of oxime groups is 3. The van der Waals surface area contributed by atoms with Crippen LogP contribution in [0.3, 0.4) is 0 Å². The molecule has 0 fully saturated rings. The molecular weight excluding hydrogens is 1230 g/mol. The van der Waals surface area contributed by atoms with Gasteiger partial charge < -0.3 is 28.2 Å². The smallest absolute Gasteiger partial charge is 0.318 e. The van der Waals surface area contributed by atoms with E-state index in [1.54, 1.807) is 24.3 Å². The van der Waals surface area contributed by atoms with Crippen LogP contribution in [0.2, 0.25) is 0 Å². The number of fused-ring (bicyclic) bond motifs is 3. The molecule has 0 aliphatic rings. The van der Waals surface area contributed by atoms with Gasteiger partial charge in [-0.25, -0.2) is 18.8 Å². The first kappa shape index (κ1) is 66.8. The lowest BCUT2D eigenvalue weighted by Gasteiger charge is -2.08. The van der Waals surface area contributed by atoms with Crippen LogP contribution >= 0.6 is 0 Å². The largest absolute Gasteiger partial charge is 0.331 e. The zero-order valence-electron chi connectivity index (χ0n) is 54.9. The zero-order chi connectivity index (χ0) is 68.7. The monoisotopic (exact) mass is 1290 g/mol. The van der Waals surface area contributed by atoms with Gasteiger partial charge in [-0.3, -0.25) is 4.79 Å².